The molecule has 0 atom stereocenters. The van der Waals surface area contributed by atoms with Crippen LogP contribution in [0.2, 0.25) is 0 Å². The molecular weight excluding hydrogens is 334 g/mol. The highest BCUT2D eigenvalue weighted by atomic mass is 79.9. The molecule has 0 unspecified atom stereocenters. The topological polar surface area (TPSA) is 65.5 Å². The van der Waals surface area contributed by atoms with Crippen molar-refractivity contribution in [2.24, 2.45) is 0 Å². The first kappa shape index (κ1) is 16.4. The van der Waals surface area contributed by atoms with Gasteiger partial charge in [0.2, 0.25) is 5.91 Å². The van der Waals surface area contributed by atoms with E-state index >= 15 is 0 Å². The molecule has 1 heterocycles. The van der Waals surface area contributed by atoms with Gasteiger partial charge in [-0.25, -0.2) is 4.98 Å². The van der Waals surface area contributed by atoms with Gasteiger partial charge in [-0.05, 0) is 40.9 Å². The van der Waals surface area contributed by atoms with Crippen LogP contribution >= 0.6 is 15.9 Å². The van der Waals surface area contributed by atoms with E-state index in [0.29, 0.717) is 24.9 Å². The number of hydrogen-bond acceptors (Lipinski definition) is 4. The number of hydrogen-bond donors (Lipinski definition) is 2. The first-order valence-electron chi connectivity index (χ1n) is 7.45. The van der Waals surface area contributed by atoms with Gasteiger partial charge < -0.3 is 10.4 Å². The molecule has 1 fully saturated rings. The van der Waals surface area contributed by atoms with Gasteiger partial charge in [0, 0.05) is 23.3 Å². The summed E-state index contributed by atoms with van der Waals surface area (Å²) in [5.74, 6) is 0.472. The third kappa shape index (κ3) is 5.37. The van der Waals surface area contributed by atoms with Crippen molar-refractivity contribution in [3.05, 3.63) is 22.8 Å². The van der Waals surface area contributed by atoms with Crippen LogP contribution in [0.15, 0.2) is 22.8 Å². The number of nitrogens with zero attached hydrogens (tertiary/aromatic N) is 2. The van der Waals surface area contributed by atoms with Crippen LogP contribution in [0, 0.1) is 0 Å². The van der Waals surface area contributed by atoms with Crippen LogP contribution in [-0.2, 0) is 4.79 Å². The van der Waals surface area contributed by atoms with Crippen molar-refractivity contribution in [2.75, 3.05) is 25.0 Å². The second-order valence-electron chi connectivity index (χ2n) is 5.40. The molecule has 1 aliphatic carbocycles. The monoisotopic (exact) mass is 355 g/mol. The fourth-order valence-corrected chi connectivity index (χ4v) is 3.02. The third-order valence-corrected chi connectivity index (χ3v) is 4.29. The van der Waals surface area contributed by atoms with Crippen LogP contribution in [0.3, 0.4) is 0 Å². The fourth-order valence-electron chi connectivity index (χ4n) is 2.78. The Kier molecular flexibility index (Phi) is 6.60. The predicted octanol–water partition coefficient (Wildman–Crippen LogP) is 2.41. The molecule has 2 rings (SSSR count). The van der Waals surface area contributed by atoms with Gasteiger partial charge in [0.25, 0.3) is 0 Å². The van der Waals surface area contributed by atoms with Crippen molar-refractivity contribution in [3.63, 3.8) is 0 Å². The van der Waals surface area contributed by atoms with Gasteiger partial charge in [0.1, 0.15) is 5.82 Å². The summed E-state index contributed by atoms with van der Waals surface area (Å²) >= 11 is 3.31. The molecule has 6 heteroatoms. The molecule has 21 heavy (non-hydrogen) atoms. The first-order valence-corrected chi connectivity index (χ1v) is 8.24. The van der Waals surface area contributed by atoms with E-state index in [4.69, 9.17) is 0 Å². The minimum atomic E-state index is -0.0798. The van der Waals surface area contributed by atoms with Gasteiger partial charge in [-0.1, -0.05) is 19.3 Å². The normalized spacial score (nSPS) is 16.1. The lowest BCUT2D eigenvalue weighted by atomic mass is 9.94. The number of rotatable bonds is 6. The number of pyridine rings is 1. The molecule has 0 aliphatic heterocycles. The van der Waals surface area contributed by atoms with Crippen LogP contribution in [0.25, 0.3) is 0 Å². The van der Waals surface area contributed by atoms with E-state index in [2.05, 4.69) is 31.1 Å². The Morgan fingerprint density at radius 1 is 1.38 bits per heavy atom. The summed E-state index contributed by atoms with van der Waals surface area (Å²) in [4.78, 5) is 18.4. The highest BCUT2D eigenvalue weighted by Gasteiger charge is 2.22. The molecule has 116 valence electrons. The van der Waals surface area contributed by atoms with Gasteiger partial charge >= 0.3 is 0 Å². The number of aromatic nitrogens is 1. The minimum Gasteiger partial charge on any atom is -0.395 e. The average Bonchev–Trinajstić information content (AvgIpc) is 2.50. The Bertz CT molecular complexity index is 447. The van der Waals surface area contributed by atoms with Crippen molar-refractivity contribution in [1.29, 1.82) is 0 Å². The Hall–Kier alpha value is -0.980. The molecule has 0 bridgehead atoms. The van der Waals surface area contributed by atoms with Crippen LogP contribution in [0.4, 0.5) is 5.82 Å². The molecule has 1 aromatic rings. The Morgan fingerprint density at radius 2 is 2.14 bits per heavy atom. The number of carbonyl (C=O) groups is 1. The summed E-state index contributed by atoms with van der Waals surface area (Å²) in [7, 11) is 0. The maximum Gasteiger partial charge on any atom is 0.239 e. The van der Waals surface area contributed by atoms with Crippen molar-refractivity contribution in [2.45, 2.75) is 38.1 Å². The zero-order chi connectivity index (χ0) is 15.1. The molecule has 2 N–H and O–H groups in total. The van der Waals surface area contributed by atoms with E-state index < -0.39 is 0 Å². The van der Waals surface area contributed by atoms with E-state index in [1.54, 1.807) is 12.3 Å². The van der Waals surface area contributed by atoms with Crippen molar-refractivity contribution in [1.82, 2.24) is 9.88 Å². The number of carbonyl (C=O) groups excluding carboxylic acids is 1. The number of aliphatic hydroxyl groups excluding tert-OH is 1. The highest BCUT2D eigenvalue weighted by Crippen LogP contribution is 2.22. The van der Waals surface area contributed by atoms with Gasteiger partial charge in [-0.3, -0.25) is 9.69 Å². The molecule has 1 saturated carbocycles. The largest absolute Gasteiger partial charge is 0.395 e. The summed E-state index contributed by atoms with van der Waals surface area (Å²) in [6, 6.07) is 4.02. The molecule has 5 nitrogen and oxygen atoms in total. The number of anilines is 1. The van der Waals surface area contributed by atoms with E-state index in [1.165, 1.54) is 19.3 Å². The predicted molar refractivity (Wildman–Crippen MR) is 86.1 cm³/mol. The number of nitrogens with one attached hydrogen (secondary N) is 1. The summed E-state index contributed by atoms with van der Waals surface area (Å²) in [6.45, 7) is 0.940. The fraction of sp³-hybridized carbons (Fsp3) is 0.600. The maximum atomic E-state index is 12.1. The molecule has 0 aromatic carbocycles. The maximum absolute atomic E-state index is 12.1. The Morgan fingerprint density at radius 3 is 2.76 bits per heavy atom. The van der Waals surface area contributed by atoms with Gasteiger partial charge in [-0.15, -0.1) is 0 Å². The lowest BCUT2D eigenvalue weighted by Gasteiger charge is -2.33. The van der Waals surface area contributed by atoms with Crippen molar-refractivity contribution >= 4 is 27.7 Å². The van der Waals surface area contributed by atoms with E-state index in [9.17, 15) is 9.90 Å². The summed E-state index contributed by atoms with van der Waals surface area (Å²) in [5.41, 5.74) is 0. The Labute approximate surface area is 133 Å². The summed E-state index contributed by atoms with van der Waals surface area (Å²) < 4.78 is 0.879. The summed E-state index contributed by atoms with van der Waals surface area (Å²) in [6.07, 6.45) is 7.58. The minimum absolute atomic E-state index is 0.0798. The second-order valence-corrected chi connectivity index (χ2v) is 6.31. The van der Waals surface area contributed by atoms with Crippen molar-refractivity contribution in [3.8, 4) is 0 Å². The van der Waals surface area contributed by atoms with Crippen molar-refractivity contribution < 1.29 is 9.90 Å². The van der Waals surface area contributed by atoms with Crippen LogP contribution in [0.5, 0.6) is 0 Å². The van der Waals surface area contributed by atoms with Crippen LogP contribution in [0.1, 0.15) is 32.1 Å². The van der Waals surface area contributed by atoms with Gasteiger partial charge in [0.05, 0.1) is 13.2 Å². The number of aliphatic hydroxyl groups is 1. The number of halogens is 1. The molecule has 1 aromatic heterocycles. The first-order chi connectivity index (χ1) is 10.2. The zero-order valence-electron chi connectivity index (χ0n) is 12.1. The van der Waals surface area contributed by atoms with Crippen LogP contribution in [-0.4, -0.2) is 46.6 Å². The quantitative estimate of drug-likeness (QED) is 0.822. The van der Waals surface area contributed by atoms with Gasteiger partial charge in [0.15, 0.2) is 0 Å². The zero-order valence-corrected chi connectivity index (χ0v) is 13.7. The average molecular weight is 356 g/mol. The molecule has 0 radical (unpaired) electrons. The lowest BCUT2D eigenvalue weighted by molar-refractivity contribution is -0.118. The standard InChI is InChI=1S/C15H22BrN3O2/c16-12-6-7-14(17-10-12)18-15(21)11-19(8-9-20)13-4-2-1-3-5-13/h6-7,10,13,20H,1-5,8-9,11H2,(H,17,18,21). The number of amides is 1. The SMILES string of the molecule is O=C(CN(CCO)C1CCCCC1)Nc1ccc(Br)cn1. The molecule has 1 aliphatic rings. The lowest BCUT2D eigenvalue weighted by Crippen LogP contribution is -2.43. The Balaban J connectivity index is 1.89. The van der Waals surface area contributed by atoms with Crippen LogP contribution < -0.4 is 5.32 Å². The molecular formula is C15H22BrN3O2. The van der Waals surface area contributed by atoms with Gasteiger partial charge in [-0.2, -0.15) is 0 Å². The highest BCUT2D eigenvalue weighted by molar-refractivity contribution is 9.10. The van der Waals surface area contributed by atoms with E-state index in [0.717, 1.165) is 17.3 Å². The third-order valence-electron chi connectivity index (χ3n) is 3.82. The molecule has 0 spiro atoms. The smallest absolute Gasteiger partial charge is 0.239 e. The molecule has 1 amide bonds. The van der Waals surface area contributed by atoms with E-state index in [1.807, 2.05) is 6.07 Å². The summed E-state index contributed by atoms with van der Waals surface area (Å²) in [5, 5.41) is 12.0. The van der Waals surface area contributed by atoms with E-state index in [-0.39, 0.29) is 12.5 Å². The second kappa shape index (κ2) is 8.46. The molecule has 0 saturated heterocycles.